The number of amides is 2. The first kappa shape index (κ1) is 22.9. The van der Waals surface area contributed by atoms with Gasteiger partial charge in [0.25, 0.3) is 11.8 Å². The Balaban J connectivity index is 1.36. The van der Waals surface area contributed by atoms with E-state index in [0.717, 1.165) is 23.8 Å². The summed E-state index contributed by atoms with van der Waals surface area (Å²) in [5.41, 5.74) is -1.59. The van der Waals surface area contributed by atoms with Gasteiger partial charge in [0.1, 0.15) is 5.82 Å². The summed E-state index contributed by atoms with van der Waals surface area (Å²) in [6.07, 6.45) is -0.0830. The molecule has 0 unspecified atom stereocenters. The molecule has 2 amide bonds. The van der Waals surface area contributed by atoms with Crippen molar-refractivity contribution < 1.29 is 31.6 Å². The molecule has 35 heavy (non-hydrogen) atoms. The van der Waals surface area contributed by atoms with Crippen LogP contribution in [0.25, 0.3) is 11.5 Å². The maximum atomic E-state index is 15.5. The largest absolute Gasteiger partial charge is 0.415 e. The smallest absolute Gasteiger partial charge is 0.314 e. The second-order valence-electron chi connectivity index (χ2n) is 8.59. The molecule has 8 nitrogen and oxygen atoms in total. The zero-order chi connectivity index (χ0) is 24.7. The Morgan fingerprint density at radius 2 is 1.94 bits per heavy atom. The fourth-order valence-corrected chi connectivity index (χ4v) is 3.85. The normalized spacial score (nSPS) is 16.8. The lowest BCUT2D eigenvalue weighted by molar-refractivity contribution is -0.155. The van der Waals surface area contributed by atoms with Crippen LogP contribution in [0.15, 0.2) is 47.0 Å². The Hall–Kier alpha value is -3.83. The molecule has 3 aromatic rings. The van der Waals surface area contributed by atoms with Crippen molar-refractivity contribution >= 4 is 17.5 Å². The molecule has 0 radical (unpaired) electrons. The van der Waals surface area contributed by atoms with Crippen LogP contribution in [0.1, 0.15) is 30.9 Å². The van der Waals surface area contributed by atoms with E-state index >= 15 is 4.39 Å². The molecule has 0 spiro atoms. The molecule has 1 aliphatic carbocycles. The van der Waals surface area contributed by atoms with Crippen LogP contribution in [0.3, 0.4) is 0 Å². The molecular formula is C23H19F4N5O3. The van der Waals surface area contributed by atoms with Crippen molar-refractivity contribution in [3.8, 4) is 11.5 Å². The molecule has 3 heterocycles. The van der Waals surface area contributed by atoms with Crippen LogP contribution in [0.4, 0.5) is 23.2 Å². The number of benzene rings is 1. The van der Waals surface area contributed by atoms with Gasteiger partial charge in [0, 0.05) is 17.8 Å². The van der Waals surface area contributed by atoms with E-state index in [0.29, 0.717) is 5.69 Å². The lowest BCUT2D eigenvalue weighted by Crippen LogP contribution is -2.68. The second kappa shape index (κ2) is 8.75. The van der Waals surface area contributed by atoms with Gasteiger partial charge in [0.05, 0.1) is 30.9 Å². The van der Waals surface area contributed by atoms with Crippen LogP contribution in [-0.2, 0) is 16.1 Å². The molecular weight excluding hydrogens is 470 g/mol. The van der Waals surface area contributed by atoms with Gasteiger partial charge in [-0.15, -0.1) is 10.2 Å². The number of hydrogen-bond acceptors (Lipinski definition) is 6. The average molecular weight is 489 g/mol. The van der Waals surface area contributed by atoms with Gasteiger partial charge in [-0.25, -0.2) is 8.78 Å². The maximum Gasteiger partial charge on any atom is 0.314 e. The van der Waals surface area contributed by atoms with E-state index in [1.54, 1.807) is 0 Å². The minimum atomic E-state index is -2.91. The minimum Gasteiger partial charge on any atom is -0.415 e. The van der Waals surface area contributed by atoms with Gasteiger partial charge in [-0.1, -0.05) is 6.07 Å². The molecule has 1 saturated carbocycles. The van der Waals surface area contributed by atoms with Crippen molar-refractivity contribution in [1.29, 1.82) is 0 Å². The van der Waals surface area contributed by atoms with Crippen LogP contribution in [0.5, 0.6) is 0 Å². The van der Waals surface area contributed by atoms with E-state index in [1.807, 2.05) is 0 Å². The summed E-state index contributed by atoms with van der Waals surface area (Å²) in [5, 5.41) is 6.81. The molecule has 0 N–H and O–H groups in total. The number of hydrogen-bond donors (Lipinski definition) is 0. The van der Waals surface area contributed by atoms with E-state index in [9.17, 15) is 22.8 Å². The number of carbonyl (C=O) groups excluding carboxylic acids is 2. The van der Waals surface area contributed by atoms with Crippen molar-refractivity contribution in [2.75, 3.05) is 18.0 Å². The molecule has 2 fully saturated rings. The van der Waals surface area contributed by atoms with Crippen molar-refractivity contribution in [3.05, 3.63) is 60.0 Å². The summed E-state index contributed by atoms with van der Waals surface area (Å²) in [4.78, 5) is 32.0. The van der Waals surface area contributed by atoms with Crippen LogP contribution in [-0.4, -0.2) is 50.7 Å². The predicted molar refractivity (Wildman–Crippen MR) is 113 cm³/mol. The summed E-state index contributed by atoms with van der Waals surface area (Å²) in [6, 6.07) is 8.12. The number of anilines is 1. The van der Waals surface area contributed by atoms with Gasteiger partial charge in [-0.3, -0.25) is 14.6 Å². The molecule has 0 atom stereocenters. The van der Waals surface area contributed by atoms with Gasteiger partial charge in [0.2, 0.25) is 17.5 Å². The van der Waals surface area contributed by atoms with E-state index in [2.05, 4.69) is 15.2 Å². The third-order valence-electron chi connectivity index (χ3n) is 5.89. The summed E-state index contributed by atoms with van der Waals surface area (Å²) in [7, 11) is 0. The number of halogens is 4. The third-order valence-corrected chi connectivity index (χ3v) is 5.89. The van der Waals surface area contributed by atoms with Gasteiger partial charge in [0.15, 0.2) is 0 Å². The first-order chi connectivity index (χ1) is 16.7. The second-order valence-corrected chi connectivity index (χ2v) is 8.59. The Bertz CT molecular complexity index is 1260. The topological polar surface area (TPSA) is 92.4 Å². The van der Waals surface area contributed by atoms with Crippen molar-refractivity contribution in [2.45, 2.75) is 31.5 Å². The van der Waals surface area contributed by atoms with Crippen LogP contribution in [0, 0.1) is 11.7 Å². The zero-order valence-electron chi connectivity index (χ0n) is 18.2. The summed E-state index contributed by atoms with van der Waals surface area (Å²) in [5.74, 6) is -2.75. The van der Waals surface area contributed by atoms with Crippen LogP contribution in [0.2, 0.25) is 0 Å². The van der Waals surface area contributed by atoms with Gasteiger partial charge >= 0.3 is 6.43 Å². The lowest BCUT2D eigenvalue weighted by atomic mass is 9.93. The number of rotatable bonds is 7. The summed E-state index contributed by atoms with van der Waals surface area (Å²) < 4.78 is 59.7. The monoisotopic (exact) mass is 489 g/mol. The summed E-state index contributed by atoms with van der Waals surface area (Å²) in [6.45, 7) is -0.914. The SMILES string of the molecule is O=C(C1CC1)N1CC(F)(C(=O)N(Cc2ccc(-c3nnc(C(F)F)o3)cn2)c2cccc(F)c2)C1. The highest BCUT2D eigenvalue weighted by atomic mass is 19.3. The molecule has 12 heteroatoms. The van der Waals surface area contributed by atoms with E-state index < -0.39 is 29.7 Å². The highest BCUT2D eigenvalue weighted by Gasteiger charge is 2.55. The number of aromatic nitrogens is 3. The van der Waals surface area contributed by atoms with E-state index in [1.165, 1.54) is 41.4 Å². The van der Waals surface area contributed by atoms with Crippen molar-refractivity contribution in [1.82, 2.24) is 20.1 Å². The minimum absolute atomic E-state index is 0.0905. The predicted octanol–water partition coefficient (Wildman–Crippen LogP) is 3.70. The number of carbonyl (C=O) groups is 2. The lowest BCUT2D eigenvalue weighted by Gasteiger charge is -2.45. The van der Waals surface area contributed by atoms with Gasteiger partial charge in [-0.05, 0) is 43.2 Å². The first-order valence-electron chi connectivity index (χ1n) is 10.9. The average Bonchev–Trinajstić information content (AvgIpc) is 3.55. The number of pyridine rings is 1. The number of alkyl halides is 3. The molecule has 0 bridgehead atoms. The van der Waals surface area contributed by atoms with Crippen molar-refractivity contribution in [3.63, 3.8) is 0 Å². The standard InChI is InChI=1S/C23H19F4N5O3/c24-15-2-1-3-17(8-15)32(22(34)23(27)11-31(12-23)21(33)13-4-5-13)10-16-7-6-14(9-28-16)19-29-30-20(35-19)18(25)26/h1-3,6-9,13,18H,4-5,10-12H2. The molecule has 5 rings (SSSR count). The molecule has 2 aromatic heterocycles. The zero-order valence-corrected chi connectivity index (χ0v) is 18.2. The fourth-order valence-electron chi connectivity index (χ4n) is 3.85. The Morgan fingerprint density at radius 1 is 1.17 bits per heavy atom. The van der Waals surface area contributed by atoms with Gasteiger partial charge < -0.3 is 14.2 Å². The first-order valence-corrected chi connectivity index (χ1v) is 10.9. The molecule has 1 saturated heterocycles. The van der Waals surface area contributed by atoms with E-state index in [-0.39, 0.29) is 48.6 Å². The Kier molecular flexibility index (Phi) is 5.73. The maximum absolute atomic E-state index is 15.5. The highest BCUT2D eigenvalue weighted by molar-refractivity contribution is 6.01. The highest BCUT2D eigenvalue weighted by Crippen LogP contribution is 2.37. The van der Waals surface area contributed by atoms with Gasteiger partial charge in [-0.2, -0.15) is 8.78 Å². The quantitative estimate of drug-likeness (QED) is 0.470. The fraction of sp³-hybridized carbons (Fsp3) is 0.348. The number of nitrogens with zero attached hydrogens (tertiary/aromatic N) is 5. The molecule has 182 valence electrons. The van der Waals surface area contributed by atoms with Crippen LogP contribution < -0.4 is 4.90 Å². The third kappa shape index (κ3) is 4.60. The summed E-state index contributed by atoms with van der Waals surface area (Å²) >= 11 is 0. The van der Waals surface area contributed by atoms with Crippen LogP contribution >= 0.6 is 0 Å². The van der Waals surface area contributed by atoms with E-state index in [4.69, 9.17) is 4.42 Å². The molecule has 1 aliphatic heterocycles. The Labute approximate surface area is 196 Å². The van der Waals surface area contributed by atoms with Crippen molar-refractivity contribution in [2.24, 2.45) is 5.92 Å². The Morgan fingerprint density at radius 3 is 2.54 bits per heavy atom. The molecule has 2 aliphatic rings. The number of likely N-dealkylation sites (tertiary alicyclic amines) is 1. The molecule has 1 aromatic carbocycles.